The molecule has 3 aromatic rings. The quantitative estimate of drug-likeness (QED) is 0.763. The van der Waals surface area contributed by atoms with Crippen molar-refractivity contribution < 1.29 is 14.3 Å². The number of likely N-dealkylation sites (tertiary alicyclic amines) is 1. The fourth-order valence-corrected chi connectivity index (χ4v) is 3.28. The lowest BCUT2D eigenvalue weighted by atomic mass is 10.0. The molecular weight excluding hydrogens is 325 g/mol. The number of fused-ring (bicyclic) bond motifs is 1. The molecule has 4 rings (SSSR count). The van der Waals surface area contributed by atoms with Crippen LogP contribution in [0.3, 0.4) is 0 Å². The molecule has 1 aromatic carbocycles. The van der Waals surface area contributed by atoms with Gasteiger partial charge in [0.2, 0.25) is 0 Å². The van der Waals surface area contributed by atoms with Gasteiger partial charge in [0.1, 0.15) is 11.3 Å². The summed E-state index contributed by atoms with van der Waals surface area (Å²) in [5.74, 6) is -0.639. The number of aryl methyl sites for hydroxylation is 1. The summed E-state index contributed by atoms with van der Waals surface area (Å²) in [7, 11) is 1.72. The standard InChI is InChI=1S/C17H16FN5O2/c1-22-16-14(20-21-22)6-11(8-19-16)17(25)23-9-13(24)7-15(23)10-3-2-4-12(18)5-10/h2-6,8,13,15,24H,7,9H2,1H3/t13-,15-/m0/s1. The van der Waals surface area contributed by atoms with E-state index in [1.54, 1.807) is 30.1 Å². The van der Waals surface area contributed by atoms with Crippen molar-refractivity contribution in [2.75, 3.05) is 6.54 Å². The number of carbonyl (C=O) groups excluding carboxylic acids is 1. The molecule has 0 radical (unpaired) electrons. The minimum absolute atomic E-state index is 0.193. The Bertz CT molecular complexity index is 957. The molecule has 25 heavy (non-hydrogen) atoms. The summed E-state index contributed by atoms with van der Waals surface area (Å²) in [6.45, 7) is 0.193. The number of nitrogens with zero attached hydrogens (tertiary/aromatic N) is 5. The van der Waals surface area contributed by atoms with Crippen molar-refractivity contribution in [2.24, 2.45) is 7.05 Å². The zero-order valence-electron chi connectivity index (χ0n) is 13.5. The van der Waals surface area contributed by atoms with E-state index in [1.807, 2.05) is 0 Å². The minimum atomic E-state index is -0.648. The van der Waals surface area contributed by atoms with Crippen LogP contribution in [-0.2, 0) is 7.05 Å². The molecule has 2 aromatic heterocycles. The SMILES string of the molecule is Cn1nnc2cc(C(=O)N3C[C@@H](O)C[C@H]3c3cccc(F)c3)cnc21. The molecule has 0 spiro atoms. The highest BCUT2D eigenvalue weighted by molar-refractivity contribution is 5.96. The van der Waals surface area contributed by atoms with E-state index in [1.165, 1.54) is 23.0 Å². The number of benzene rings is 1. The Morgan fingerprint density at radius 1 is 1.36 bits per heavy atom. The lowest BCUT2D eigenvalue weighted by Crippen LogP contribution is -2.31. The number of hydrogen-bond acceptors (Lipinski definition) is 5. The molecule has 0 unspecified atom stereocenters. The van der Waals surface area contributed by atoms with Crippen LogP contribution < -0.4 is 0 Å². The van der Waals surface area contributed by atoms with E-state index in [2.05, 4.69) is 15.3 Å². The van der Waals surface area contributed by atoms with Gasteiger partial charge in [-0.2, -0.15) is 0 Å². The zero-order chi connectivity index (χ0) is 17.6. The normalized spacial score (nSPS) is 20.4. The highest BCUT2D eigenvalue weighted by atomic mass is 19.1. The van der Waals surface area contributed by atoms with Gasteiger partial charge in [0, 0.05) is 19.8 Å². The molecule has 2 atom stereocenters. The fraction of sp³-hybridized carbons (Fsp3) is 0.294. The Balaban J connectivity index is 1.68. The van der Waals surface area contributed by atoms with Crippen molar-refractivity contribution in [1.82, 2.24) is 24.9 Å². The summed E-state index contributed by atoms with van der Waals surface area (Å²) in [5, 5.41) is 17.9. The van der Waals surface area contributed by atoms with Gasteiger partial charge in [-0.05, 0) is 30.2 Å². The second-order valence-electron chi connectivity index (χ2n) is 6.20. The van der Waals surface area contributed by atoms with Crippen molar-refractivity contribution in [3.8, 4) is 0 Å². The van der Waals surface area contributed by atoms with E-state index in [9.17, 15) is 14.3 Å². The van der Waals surface area contributed by atoms with Crippen molar-refractivity contribution in [1.29, 1.82) is 0 Å². The van der Waals surface area contributed by atoms with Crippen molar-refractivity contribution >= 4 is 17.1 Å². The predicted octanol–water partition coefficient (Wildman–Crippen LogP) is 1.45. The van der Waals surface area contributed by atoms with Gasteiger partial charge in [-0.25, -0.2) is 14.1 Å². The number of amides is 1. The molecule has 1 saturated heterocycles. The summed E-state index contributed by atoms with van der Waals surface area (Å²) in [6.07, 6.45) is 1.20. The number of aliphatic hydroxyl groups excluding tert-OH is 1. The molecule has 1 aliphatic rings. The summed E-state index contributed by atoms with van der Waals surface area (Å²) in [6, 6.07) is 7.36. The Kier molecular flexibility index (Phi) is 3.69. The van der Waals surface area contributed by atoms with E-state index in [0.717, 1.165) is 0 Å². The molecule has 1 N–H and O–H groups in total. The highest BCUT2D eigenvalue weighted by Gasteiger charge is 2.36. The second kappa shape index (κ2) is 5.89. The van der Waals surface area contributed by atoms with Crippen LogP contribution in [0.25, 0.3) is 11.2 Å². The van der Waals surface area contributed by atoms with Crippen LogP contribution in [0.15, 0.2) is 36.5 Å². The zero-order valence-corrected chi connectivity index (χ0v) is 13.5. The number of aromatic nitrogens is 4. The number of β-amino-alcohol motifs (C(OH)–C–C–N with tert-alkyl or cyclic N) is 1. The van der Waals surface area contributed by atoms with Crippen LogP contribution in [0.2, 0.25) is 0 Å². The molecule has 1 fully saturated rings. The number of halogens is 1. The Hall–Kier alpha value is -2.87. The topological polar surface area (TPSA) is 84.1 Å². The summed E-state index contributed by atoms with van der Waals surface area (Å²) in [4.78, 5) is 18.7. The van der Waals surface area contributed by atoms with Crippen LogP contribution in [0.1, 0.15) is 28.4 Å². The molecule has 0 aliphatic carbocycles. The molecule has 1 aliphatic heterocycles. The monoisotopic (exact) mass is 341 g/mol. The maximum atomic E-state index is 13.6. The number of carbonyl (C=O) groups is 1. The van der Waals surface area contributed by atoms with Gasteiger partial charge in [-0.3, -0.25) is 4.79 Å². The number of rotatable bonds is 2. The van der Waals surface area contributed by atoms with Crippen molar-refractivity contribution in [3.63, 3.8) is 0 Å². The number of pyridine rings is 1. The third-order valence-electron chi connectivity index (χ3n) is 4.46. The average Bonchev–Trinajstić information content (AvgIpc) is 3.17. The van der Waals surface area contributed by atoms with Gasteiger partial charge in [0.05, 0.1) is 17.7 Å². The van der Waals surface area contributed by atoms with Crippen LogP contribution in [-0.4, -0.2) is 48.5 Å². The lowest BCUT2D eigenvalue weighted by molar-refractivity contribution is 0.0715. The van der Waals surface area contributed by atoms with Gasteiger partial charge in [-0.1, -0.05) is 17.3 Å². The summed E-state index contributed by atoms with van der Waals surface area (Å²) >= 11 is 0. The molecule has 128 valence electrons. The molecule has 0 bridgehead atoms. The number of aliphatic hydroxyl groups is 1. The Morgan fingerprint density at radius 2 is 2.20 bits per heavy atom. The maximum Gasteiger partial charge on any atom is 0.256 e. The largest absolute Gasteiger partial charge is 0.391 e. The first kappa shape index (κ1) is 15.6. The van der Waals surface area contributed by atoms with E-state index >= 15 is 0 Å². The van der Waals surface area contributed by atoms with Gasteiger partial charge >= 0.3 is 0 Å². The number of hydrogen-bond donors (Lipinski definition) is 1. The summed E-state index contributed by atoms with van der Waals surface area (Å²) < 4.78 is 15.1. The summed E-state index contributed by atoms with van der Waals surface area (Å²) in [5.41, 5.74) is 2.14. The Morgan fingerprint density at radius 3 is 3.00 bits per heavy atom. The third kappa shape index (κ3) is 2.74. The molecular formula is C17H16FN5O2. The molecule has 7 nitrogen and oxygen atoms in total. The molecule has 0 saturated carbocycles. The van der Waals surface area contributed by atoms with E-state index in [4.69, 9.17) is 0 Å². The fourth-order valence-electron chi connectivity index (χ4n) is 3.28. The van der Waals surface area contributed by atoms with Crippen molar-refractivity contribution in [3.05, 3.63) is 53.5 Å². The van der Waals surface area contributed by atoms with E-state index in [-0.39, 0.29) is 24.3 Å². The highest BCUT2D eigenvalue weighted by Crippen LogP contribution is 2.33. The van der Waals surface area contributed by atoms with E-state index < -0.39 is 6.10 Å². The van der Waals surface area contributed by atoms with Gasteiger partial charge < -0.3 is 10.0 Å². The first-order valence-electron chi connectivity index (χ1n) is 7.93. The van der Waals surface area contributed by atoms with Crippen LogP contribution in [0.4, 0.5) is 4.39 Å². The van der Waals surface area contributed by atoms with Crippen LogP contribution >= 0.6 is 0 Å². The Labute approximate surface area is 142 Å². The van der Waals surface area contributed by atoms with Crippen LogP contribution in [0.5, 0.6) is 0 Å². The van der Waals surface area contributed by atoms with Crippen molar-refractivity contribution in [2.45, 2.75) is 18.6 Å². The molecule has 8 heteroatoms. The smallest absolute Gasteiger partial charge is 0.256 e. The van der Waals surface area contributed by atoms with Crippen LogP contribution in [0, 0.1) is 5.82 Å². The molecule has 1 amide bonds. The lowest BCUT2D eigenvalue weighted by Gasteiger charge is -2.24. The van der Waals surface area contributed by atoms with Gasteiger partial charge in [0.25, 0.3) is 5.91 Å². The van der Waals surface area contributed by atoms with E-state index in [0.29, 0.717) is 28.7 Å². The minimum Gasteiger partial charge on any atom is -0.391 e. The first-order chi connectivity index (χ1) is 12.0. The van der Waals surface area contributed by atoms with Gasteiger partial charge in [0.15, 0.2) is 5.65 Å². The average molecular weight is 341 g/mol. The maximum absolute atomic E-state index is 13.6. The second-order valence-corrected chi connectivity index (χ2v) is 6.20. The first-order valence-corrected chi connectivity index (χ1v) is 7.93. The molecule has 3 heterocycles. The van der Waals surface area contributed by atoms with Gasteiger partial charge in [-0.15, -0.1) is 5.10 Å². The predicted molar refractivity (Wildman–Crippen MR) is 87.1 cm³/mol. The third-order valence-corrected chi connectivity index (χ3v) is 4.46.